The number of carbonyl (C=O) groups is 1. The number of furan rings is 1. The predicted molar refractivity (Wildman–Crippen MR) is 224 cm³/mol. The number of carbonyl (C=O) groups excluding carboxylic acids is 1. The van der Waals surface area contributed by atoms with Crippen LogP contribution in [0.5, 0.6) is 0 Å². The zero-order valence-electron chi connectivity index (χ0n) is 33.7. The number of allylic oxidation sites excluding steroid dienone is 2. The molecule has 1 aliphatic rings. The van der Waals surface area contributed by atoms with Crippen molar-refractivity contribution in [2.75, 3.05) is 0 Å². The van der Waals surface area contributed by atoms with E-state index in [-0.39, 0.29) is 42.5 Å². The van der Waals surface area contributed by atoms with Crippen LogP contribution in [0.2, 0.25) is 0 Å². The van der Waals surface area contributed by atoms with Gasteiger partial charge in [0.1, 0.15) is 17.0 Å². The second-order valence-corrected chi connectivity index (χ2v) is 15.8. The molecule has 0 atom stereocenters. The fourth-order valence-electron chi connectivity index (χ4n) is 7.40. The van der Waals surface area contributed by atoms with Gasteiger partial charge < -0.3 is 9.52 Å². The Morgan fingerprint density at radius 1 is 0.855 bits per heavy atom. The van der Waals surface area contributed by atoms with Crippen molar-refractivity contribution in [2.24, 2.45) is 16.7 Å². The standard InChI is InChI=1S/C34H27N2O.C15H28O2.Ir/c1-21(2)16-22-17-25-12-13-28-29-14-15-35-32(34(29)37-33(28)31(25)36-20-22)26-18-24-10-6-7-11-27(24)30(19-26)23-8-4-3-5-9-23;1-7-14(5,8-2)12(16)11-13(17)15(6,9-3)10-4;/h3-11,14-15,17,19-21H,12-13,16H2,1-2H3;11,16H,7-10H2,1-6H3;/q-1;;/b;12-11-;. The van der Waals surface area contributed by atoms with E-state index in [1.165, 1.54) is 39.3 Å². The summed E-state index contributed by atoms with van der Waals surface area (Å²) in [5, 5.41) is 13.5. The van der Waals surface area contributed by atoms with Crippen molar-refractivity contribution < 1.29 is 34.4 Å². The number of ketones is 1. The zero-order chi connectivity index (χ0) is 38.6. The van der Waals surface area contributed by atoms with Gasteiger partial charge in [-0.15, -0.1) is 23.6 Å². The second kappa shape index (κ2) is 17.6. The number of aliphatic hydroxyl groups excluding tert-OH is 1. The number of nitrogens with zero attached hydrogens (tertiary/aromatic N) is 2. The topological polar surface area (TPSA) is 76.2 Å². The Hall–Kier alpha value is -4.38. The van der Waals surface area contributed by atoms with Crippen LogP contribution < -0.4 is 0 Å². The van der Waals surface area contributed by atoms with Crippen molar-refractivity contribution in [1.82, 2.24) is 9.97 Å². The molecule has 0 spiro atoms. The first-order valence-corrected chi connectivity index (χ1v) is 19.8. The molecule has 0 aliphatic heterocycles. The molecule has 3 aromatic carbocycles. The number of benzene rings is 3. The Bertz CT molecular complexity index is 2290. The molecule has 3 heterocycles. The van der Waals surface area contributed by atoms with E-state index in [4.69, 9.17) is 14.4 Å². The fourth-order valence-corrected chi connectivity index (χ4v) is 7.40. The Morgan fingerprint density at radius 2 is 1.53 bits per heavy atom. The summed E-state index contributed by atoms with van der Waals surface area (Å²) < 4.78 is 6.64. The van der Waals surface area contributed by atoms with Crippen molar-refractivity contribution in [3.8, 4) is 33.8 Å². The quantitative estimate of drug-likeness (QED) is 0.0796. The average molecular weight is 912 g/mol. The number of aliphatic hydroxyl groups is 1. The SMILES string of the molecule is CC(C)Cc1cnc2c(c1)CCc1c-2oc2c(-c3[c-]c4ccccc4c(-c4ccccc4)c3)nccc12.CCC(C)(CC)C(=O)/C=C(\O)C(C)(CC)CC.[Ir]. The normalized spacial score (nSPS) is 12.9. The minimum atomic E-state index is -0.337. The van der Waals surface area contributed by atoms with Gasteiger partial charge in [-0.25, -0.2) is 0 Å². The molecule has 289 valence electrons. The molecule has 1 N–H and O–H groups in total. The maximum Gasteiger partial charge on any atom is 0.164 e. The van der Waals surface area contributed by atoms with Gasteiger partial charge in [-0.3, -0.25) is 14.8 Å². The maximum absolute atomic E-state index is 12.2. The van der Waals surface area contributed by atoms with Gasteiger partial charge in [-0.1, -0.05) is 127 Å². The van der Waals surface area contributed by atoms with Gasteiger partial charge in [0.2, 0.25) is 0 Å². The Labute approximate surface area is 341 Å². The molecule has 6 aromatic rings. The first kappa shape index (κ1) is 41.8. The van der Waals surface area contributed by atoms with Crippen LogP contribution in [-0.4, -0.2) is 20.9 Å². The summed E-state index contributed by atoms with van der Waals surface area (Å²) >= 11 is 0. The van der Waals surface area contributed by atoms with E-state index in [0.717, 1.165) is 84.0 Å². The van der Waals surface area contributed by atoms with Crippen molar-refractivity contribution in [1.29, 1.82) is 0 Å². The molecule has 0 fully saturated rings. The summed E-state index contributed by atoms with van der Waals surface area (Å²) in [5.41, 5.74) is 9.12. The van der Waals surface area contributed by atoms with Crippen LogP contribution in [0.3, 0.4) is 0 Å². The van der Waals surface area contributed by atoms with Gasteiger partial charge in [-0.05, 0) is 73.6 Å². The minimum Gasteiger partial charge on any atom is -0.512 e. The molecule has 0 saturated heterocycles. The number of hydrogen-bond acceptors (Lipinski definition) is 5. The molecule has 6 heteroatoms. The summed E-state index contributed by atoms with van der Waals surface area (Å²) in [6, 6.07) is 29.2. The van der Waals surface area contributed by atoms with E-state index in [1.807, 2.05) is 53.9 Å². The van der Waals surface area contributed by atoms with E-state index >= 15 is 0 Å². The molecule has 0 amide bonds. The molecular weight excluding hydrogens is 857 g/mol. The molecule has 7 rings (SSSR count). The maximum atomic E-state index is 12.2. The van der Waals surface area contributed by atoms with Crippen LogP contribution in [-0.2, 0) is 44.2 Å². The number of hydrogen-bond donors (Lipinski definition) is 1. The average Bonchev–Trinajstić information content (AvgIpc) is 3.59. The number of pyridine rings is 2. The van der Waals surface area contributed by atoms with E-state index in [0.29, 0.717) is 5.92 Å². The summed E-state index contributed by atoms with van der Waals surface area (Å²) in [5.74, 6) is 1.79. The summed E-state index contributed by atoms with van der Waals surface area (Å²) in [6.45, 7) is 16.6. The largest absolute Gasteiger partial charge is 0.512 e. The monoisotopic (exact) mass is 912 g/mol. The van der Waals surface area contributed by atoms with Crippen LogP contribution in [0.25, 0.3) is 55.6 Å². The molecule has 5 nitrogen and oxygen atoms in total. The van der Waals surface area contributed by atoms with Crippen LogP contribution >= 0.6 is 0 Å². The van der Waals surface area contributed by atoms with Crippen molar-refractivity contribution in [3.63, 3.8) is 0 Å². The molecule has 0 saturated carbocycles. The van der Waals surface area contributed by atoms with Gasteiger partial charge in [0.05, 0.1) is 0 Å². The zero-order valence-corrected chi connectivity index (χ0v) is 36.1. The van der Waals surface area contributed by atoms with Gasteiger partial charge in [0.25, 0.3) is 0 Å². The predicted octanol–water partition coefficient (Wildman–Crippen LogP) is 13.1. The van der Waals surface area contributed by atoms with Gasteiger partial charge in [-0.2, -0.15) is 0 Å². The molecule has 0 bridgehead atoms. The van der Waals surface area contributed by atoms with Crippen LogP contribution in [0.4, 0.5) is 0 Å². The molecular formula is C49H55IrN2O3-. The van der Waals surface area contributed by atoms with E-state index < -0.39 is 0 Å². The fraction of sp³-hybridized carbons (Fsp3) is 0.367. The Kier molecular flexibility index (Phi) is 13.4. The molecule has 0 unspecified atom stereocenters. The summed E-state index contributed by atoms with van der Waals surface area (Å²) in [6.07, 6.45) is 11.6. The van der Waals surface area contributed by atoms with Crippen molar-refractivity contribution >= 4 is 27.5 Å². The number of aryl methyl sites for hydroxylation is 2. The van der Waals surface area contributed by atoms with Crippen molar-refractivity contribution in [3.05, 3.63) is 120 Å². The second-order valence-electron chi connectivity index (χ2n) is 15.8. The van der Waals surface area contributed by atoms with Gasteiger partial charge in [0, 0.05) is 66.0 Å². The first-order valence-electron chi connectivity index (χ1n) is 19.8. The third-order valence-corrected chi connectivity index (χ3v) is 12.0. The van der Waals surface area contributed by atoms with Crippen LogP contribution in [0.15, 0.2) is 101 Å². The number of fused-ring (bicyclic) bond motifs is 6. The minimum absolute atomic E-state index is 0. The van der Waals surface area contributed by atoms with Crippen molar-refractivity contribution in [2.45, 2.75) is 100 Å². The van der Waals surface area contributed by atoms with Crippen LogP contribution in [0.1, 0.15) is 97.8 Å². The molecule has 3 aromatic heterocycles. The Morgan fingerprint density at radius 3 is 2.20 bits per heavy atom. The smallest absolute Gasteiger partial charge is 0.164 e. The molecule has 55 heavy (non-hydrogen) atoms. The van der Waals surface area contributed by atoms with Crippen LogP contribution in [0, 0.1) is 22.8 Å². The molecule has 1 radical (unpaired) electrons. The van der Waals surface area contributed by atoms with Gasteiger partial charge in [0.15, 0.2) is 11.5 Å². The number of rotatable bonds is 11. The summed E-state index contributed by atoms with van der Waals surface area (Å²) in [7, 11) is 0. The molecule has 1 aliphatic carbocycles. The number of aromatic nitrogens is 2. The first-order chi connectivity index (χ1) is 25.9. The van der Waals surface area contributed by atoms with E-state index in [1.54, 1.807) is 0 Å². The van der Waals surface area contributed by atoms with E-state index in [2.05, 4.69) is 92.7 Å². The third-order valence-electron chi connectivity index (χ3n) is 12.0. The third kappa shape index (κ3) is 8.56. The van der Waals surface area contributed by atoms with Gasteiger partial charge >= 0.3 is 0 Å². The summed E-state index contributed by atoms with van der Waals surface area (Å²) in [4.78, 5) is 21.9. The Balaban J connectivity index is 0.000000276. The van der Waals surface area contributed by atoms with E-state index in [9.17, 15) is 9.90 Å².